The second kappa shape index (κ2) is 10.3. The standard InChI is InChI=1S/C27H29N5O3/c1-27(2,3)22-8-5-6-10-24(22)35-26-23(9-7-15-28-26)30-25-16-20(17-29-33)32(31-25)18-19-11-13-21(34-4)14-12-19/h5-17,33H,18H2,1-4H3,(H,30,31). The molecule has 0 fully saturated rings. The fourth-order valence-electron chi connectivity index (χ4n) is 3.67. The Labute approximate surface area is 204 Å². The molecule has 0 unspecified atom stereocenters. The summed E-state index contributed by atoms with van der Waals surface area (Å²) >= 11 is 0. The molecule has 0 amide bonds. The van der Waals surface area contributed by atoms with Crippen molar-refractivity contribution in [2.45, 2.75) is 32.7 Å². The molecule has 4 aromatic rings. The number of hydrogen-bond acceptors (Lipinski definition) is 7. The van der Waals surface area contributed by atoms with Crippen LogP contribution in [0, 0.1) is 0 Å². The Morgan fingerprint density at radius 1 is 1.06 bits per heavy atom. The van der Waals surface area contributed by atoms with Crippen molar-refractivity contribution in [1.82, 2.24) is 14.8 Å². The zero-order chi connectivity index (χ0) is 24.8. The molecule has 35 heavy (non-hydrogen) atoms. The van der Waals surface area contributed by atoms with Crippen LogP contribution in [-0.2, 0) is 12.0 Å². The topological polar surface area (TPSA) is 93.8 Å². The first-order valence-electron chi connectivity index (χ1n) is 11.2. The number of ether oxygens (including phenoxy) is 2. The molecule has 180 valence electrons. The fourth-order valence-corrected chi connectivity index (χ4v) is 3.67. The average Bonchev–Trinajstić information content (AvgIpc) is 3.21. The van der Waals surface area contributed by atoms with Gasteiger partial charge in [0.2, 0.25) is 5.88 Å². The van der Waals surface area contributed by atoms with E-state index in [0.717, 1.165) is 22.6 Å². The Morgan fingerprint density at radius 3 is 2.54 bits per heavy atom. The van der Waals surface area contributed by atoms with E-state index in [2.05, 4.69) is 47.4 Å². The molecular formula is C27H29N5O3. The van der Waals surface area contributed by atoms with Gasteiger partial charge in [-0.15, -0.1) is 0 Å². The smallest absolute Gasteiger partial charge is 0.243 e. The number of nitrogens with one attached hydrogen (secondary N) is 1. The highest BCUT2D eigenvalue weighted by Gasteiger charge is 2.20. The highest BCUT2D eigenvalue weighted by Crippen LogP contribution is 2.36. The molecule has 2 aromatic heterocycles. The largest absolute Gasteiger partial charge is 0.497 e. The van der Waals surface area contributed by atoms with Crippen LogP contribution in [0.4, 0.5) is 11.5 Å². The lowest BCUT2D eigenvalue weighted by Crippen LogP contribution is -2.12. The number of rotatable bonds is 8. The van der Waals surface area contributed by atoms with Crippen molar-refractivity contribution in [3.05, 3.63) is 89.7 Å². The van der Waals surface area contributed by atoms with Crippen molar-refractivity contribution in [3.63, 3.8) is 0 Å². The molecule has 2 N–H and O–H groups in total. The SMILES string of the molecule is COc1ccc(Cn2nc(Nc3cccnc3Oc3ccccc3C(C)(C)C)cc2C=NO)cc1. The van der Waals surface area contributed by atoms with Gasteiger partial charge in [-0.3, -0.25) is 4.68 Å². The molecule has 0 aliphatic heterocycles. The Kier molecular flexibility index (Phi) is 7.01. The van der Waals surface area contributed by atoms with Gasteiger partial charge in [0.05, 0.1) is 25.6 Å². The normalized spacial score (nSPS) is 11.5. The minimum atomic E-state index is -0.0856. The van der Waals surface area contributed by atoms with E-state index in [-0.39, 0.29) is 5.41 Å². The third-order valence-electron chi connectivity index (χ3n) is 5.43. The number of para-hydroxylation sites is 1. The van der Waals surface area contributed by atoms with Crippen LogP contribution in [-0.4, -0.2) is 33.3 Å². The number of anilines is 2. The van der Waals surface area contributed by atoms with Crippen molar-refractivity contribution in [1.29, 1.82) is 0 Å². The van der Waals surface area contributed by atoms with E-state index in [4.69, 9.17) is 14.7 Å². The van der Waals surface area contributed by atoms with Crippen molar-refractivity contribution in [2.24, 2.45) is 5.16 Å². The first-order valence-corrected chi connectivity index (χ1v) is 11.2. The number of hydrogen-bond donors (Lipinski definition) is 2. The Bertz CT molecular complexity index is 1310. The maximum atomic E-state index is 9.14. The maximum Gasteiger partial charge on any atom is 0.243 e. The number of nitrogens with zero attached hydrogens (tertiary/aromatic N) is 4. The molecule has 4 rings (SSSR count). The van der Waals surface area contributed by atoms with Gasteiger partial charge in [-0.1, -0.05) is 56.3 Å². The minimum absolute atomic E-state index is 0.0856. The summed E-state index contributed by atoms with van der Waals surface area (Å²) < 4.78 is 13.2. The van der Waals surface area contributed by atoms with E-state index in [1.54, 1.807) is 24.1 Å². The molecule has 8 heteroatoms. The third-order valence-corrected chi connectivity index (χ3v) is 5.43. The Balaban J connectivity index is 1.60. The van der Waals surface area contributed by atoms with E-state index < -0.39 is 0 Å². The Morgan fingerprint density at radius 2 is 1.83 bits per heavy atom. The van der Waals surface area contributed by atoms with E-state index in [0.29, 0.717) is 29.6 Å². The van der Waals surface area contributed by atoms with Gasteiger partial charge >= 0.3 is 0 Å². The van der Waals surface area contributed by atoms with E-state index in [1.807, 2.05) is 54.6 Å². The summed E-state index contributed by atoms with van der Waals surface area (Å²) in [6.45, 7) is 6.92. The van der Waals surface area contributed by atoms with E-state index >= 15 is 0 Å². The first-order chi connectivity index (χ1) is 16.9. The summed E-state index contributed by atoms with van der Waals surface area (Å²) in [5.41, 5.74) is 3.32. The van der Waals surface area contributed by atoms with Crippen LogP contribution in [0.2, 0.25) is 0 Å². The zero-order valence-electron chi connectivity index (χ0n) is 20.3. The summed E-state index contributed by atoms with van der Waals surface area (Å²) in [5.74, 6) is 2.53. The summed E-state index contributed by atoms with van der Waals surface area (Å²) in [7, 11) is 1.63. The van der Waals surface area contributed by atoms with Crippen LogP contribution in [0.1, 0.15) is 37.6 Å². The Hall–Kier alpha value is -4.33. The first kappa shape index (κ1) is 23.8. The molecule has 8 nitrogen and oxygen atoms in total. The lowest BCUT2D eigenvalue weighted by Gasteiger charge is -2.22. The summed E-state index contributed by atoms with van der Waals surface area (Å²) in [4.78, 5) is 4.45. The summed E-state index contributed by atoms with van der Waals surface area (Å²) in [5, 5.41) is 20.3. The summed E-state index contributed by atoms with van der Waals surface area (Å²) in [6.07, 6.45) is 3.04. The van der Waals surface area contributed by atoms with Crippen molar-refractivity contribution >= 4 is 17.7 Å². The van der Waals surface area contributed by atoms with Gasteiger partial charge in [-0.2, -0.15) is 5.10 Å². The molecule has 0 saturated heterocycles. The monoisotopic (exact) mass is 471 g/mol. The van der Waals surface area contributed by atoms with Crippen LogP contribution < -0.4 is 14.8 Å². The van der Waals surface area contributed by atoms with Crippen LogP contribution in [0.3, 0.4) is 0 Å². The molecule has 0 aliphatic rings. The molecule has 2 aromatic carbocycles. The predicted molar refractivity (Wildman–Crippen MR) is 136 cm³/mol. The molecule has 2 heterocycles. The fraction of sp³-hybridized carbons (Fsp3) is 0.222. The van der Waals surface area contributed by atoms with Gasteiger partial charge in [0, 0.05) is 17.8 Å². The van der Waals surface area contributed by atoms with E-state index in [9.17, 15) is 0 Å². The van der Waals surface area contributed by atoms with Gasteiger partial charge in [0.15, 0.2) is 5.82 Å². The molecule has 0 aliphatic carbocycles. The van der Waals surface area contributed by atoms with Gasteiger partial charge < -0.3 is 20.0 Å². The van der Waals surface area contributed by atoms with Crippen LogP contribution in [0.15, 0.2) is 78.1 Å². The molecule has 0 radical (unpaired) electrons. The number of pyridine rings is 1. The van der Waals surface area contributed by atoms with Gasteiger partial charge in [0.1, 0.15) is 17.2 Å². The molecule has 0 bridgehead atoms. The van der Waals surface area contributed by atoms with E-state index in [1.165, 1.54) is 6.21 Å². The van der Waals surface area contributed by atoms with Gasteiger partial charge in [-0.05, 0) is 41.3 Å². The van der Waals surface area contributed by atoms with Crippen LogP contribution in [0.25, 0.3) is 0 Å². The predicted octanol–water partition coefficient (Wildman–Crippen LogP) is 5.98. The van der Waals surface area contributed by atoms with Gasteiger partial charge in [-0.25, -0.2) is 4.98 Å². The third kappa shape index (κ3) is 5.78. The number of benzene rings is 2. The lowest BCUT2D eigenvalue weighted by atomic mass is 9.86. The molecule has 0 saturated carbocycles. The number of oxime groups is 1. The number of aromatic nitrogens is 3. The minimum Gasteiger partial charge on any atom is -0.497 e. The second-order valence-electron chi connectivity index (χ2n) is 9.03. The number of methoxy groups -OCH3 is 1. The van der Waals surface area contributed by atoms with Crippen LogP contribution >= 0.6 is 0 Å². The maximum absolute atomic E-state index is 9.14. The van der Waals surface area contributed by atoms with Gasteiger partial charge in [0.25, 0.3) is 0 Å². The molecule has 0 atom stereocenters. The second-order valence-corrected chi connectivity index (χ2v) is 9.03. The highest BCUT2D eigenvalue weighted by atomic mass is 16.5. The van der Waals surface area contributed by atoms with Crippen molar-refractivity contribution < 1.29 is 14.7 Å². The average molecular weight is 472 g/mol. The zero-order valence-corrected chi connectivity index (χ0v) is 20.3. The molecule has 0 spiro atoms. The quantitative estimate of drug-likeness (QED) is 0.187. The van der Waals surface area contributed by atoms with Crippen LogP contribution in [0.5, 0.6) is 17.4 Å². The molecular weight excluding hydrogens is 442 g/mol. The van der Waals surface area contributed by atoms with Crippen molar-refractivity contribution in [3.8, 4) is 17.4 Å². The highest BCUT2D eigenvalue weighted by molar-refractivity contribution is 5.79. The summed E-state index contributed by atoms with van der Waals surface area (Å²) in [6, 6.07) is 21.2. The van der Waals surface area contributed by atoms with Crippen molar-refractivity contribution in [2.75, 3.05) is 12.4 Å². The lowest BCUT2D eigenvalue weighted by molar-refractivity contribution is 0.321.